The number of alkyl halides is 2. The molecular weight excluding hydrogens is 436 g/mol. The van der Waals surface area contributed by atoms with Crippen LogP contribution in [-0.2, 0) is 22.5 Å². The molecule has 0 aliphatic heterocycles. The zero-order valence-corrected chi connectivity index (χ0v) is 18.7. The summed E-state index contributed by atoms with van der Waals surface area (Å²) in [7, 11) is -2.54. The van der Waals surface area contributed by atoms with Crippen LogP contribution in [0.5, 0.6) is 0 Å². The lowest BCUT2D eigenvalue weighted by Crippen LogP contribution is -2.28. The third kappa shape index (κ3) is 5.28. The smallest absolute Gasteiger partial charge is 0.270 e. The minimum absolute atomic E-state index is 0.000699. The van der Waals surface area contributed by atoms with Crippen LogP contribution in [0.25, 0.3) is 0 Å². The van der Waals surface area contributed by atoms with Crippen molar-refractivity contribution in [3.8, 4) is 0 Å². The van der Waals surface area contributed by atoms with Gasteiger partial charge in [-0.1, -0.05) is 36.4 Å². The number of amides is 1. The highest BCUT2D eigenvalue weighted by molar-refractivity contribution is 7.92. The quantitative estimate of drug-likeness (QED) is 0.561. The summed E-state index contributed by atoms with van der Waals surface area (Å²) in [5.74, 6) is -3.47. The first kappa shape index (κ1) is 23.3. The van der Waals surface area contributed by atoms with E-state index in [2.05, 4.69) is 9.71 Å². The van der Waals surface area contributed by atoms with Crippen LogP contribution in [0.15, 0.2) is 71.9 Å². The molecule has 0 spiro atoms. The molecule has 32 heavy (non-hydrogen) atoms. The standard InChI is InChI=1S/C23H23F2N3O3S/c1-16-12-13-26-14-20(16)27-32(30,31)21-7-5-4-6-19(21)22(29)28(3)15-17-8-10-18(11-9-17)23(2,24)25/h4-14,27H,15H2,1-3H3. The fourth-order valence-corrected chi connectivity index (χ4v) is 4.42. The second-order valence-electron chi connectivity index (χ2n) is 7.54. The average molecular weight is 460 g/mol. The number of benzene rings is 2. The van der Waals surface area contributed by atoms with E-state index in [9.17, 15) is 22.0 Å². The second kappa shape index (κ2) is 9.04. The van der Waals surface area contributed by atoms with Gasteiger partial charge in [0.15, 0.2) is 0 Å². The summed E-state index contributed by atoms with van der Waals surface area (Å²) >= 11 is 0. The molecule has 0 radical (unpaired) electrons. The van der Waals surface area contributed by atoms with Gasteiger partial charge in [-0.3, -0.25) is 14.5 Å². The summed E-state index contributed by atoms with van der Waals surface area (Å²) in [5, 5.41) is 0. The van der Waals surface area contributed by atoms with E-state index in [1.165, 1.54) is 60.6 Å². The molecule has 168 valence electrons. The molecule has 9 heteroatoms. The number of aryl methyl sites for hydroxylation is 1. The van der Waals surface area contributed by atoms with Crippen LogP contribution in [0.3, 0.4) is 0 Å². The maximum Gasteiger partial charge on any atom is 0.270 e. The Bertz CT molecular complexity index is 1220. The van der Waals surface area contributed by atoms with Crippen LogP contribution < -0.4 is 4.72 Å². The molecule has 0 saturated heterocycles. The largest absolute Gasteiger partial charge is 0.337 e. The first-order chi connectivity index (χ1) is 15.0. The molecule has 6 nitrogen and oxygen atoms in total. The number of pyridine rings is 1. The van der Waals surface area contributed by atoms with E-state index < -0.39 is 21.9 Å². The highest BCUT2D eigenvalue weighted by Gasteiger charge is 2.26. The molecule has 1 amide bonds. The number of rotatable bonds is 7. The Morgan fingerprint density at radius 3 is 2.38 bits per heavy atom. The number of carbonyl (C=O) groups is 1. The fourth-order valence-electron chi connectivity index (χ4n) is 3.10. The van der Waals surface area contributed by atoms with Gasteiger partial charge in [-0.05, 0) is 36.2 Å². The normalized spacial score (nSPS) is 11.8. The van der Waals surface area contributed by atoms with Gasteiger partial charge in [-0.25, -0.2) is 17.2 Å². The minimum Gasteiger partial charge on any atom is -0.337 e. The lowest BCUT2D eigenvalue weighted by atomic mass is 10.1. The first-order valence-electron chi connectivity index (χ1n) is 9.74. The van der Waals surface area contributed by atoms with Gasteiger partial charge in [0.05, 0.1) is 17.4 Å². The molecule has 0 fully saturated rings. The number of carbonyl (C=O) groups excluding carboxylic acids is 1. The van der Waals surface area contributed by atoms with Gasteiger partial charge in [0.1, 0.15) is 4.90 Å². The Morgan fingerprint density at radius 2 is 1.75 bits per heavy atom. The second-order valence-corrected chi connectivity index (χ2v) is 9.19. The van der Waals surface area contributed by atoms with Gasteiger partial charge in [0, 0.05) is 32.3 Å². The number of aromatic nitrogens is 1. The van der Waals surface area contributed by atoms with E-state index in [1.807, 2.05) is 0 Å². The number of anilines is 1. The third-order valence-electron chi connectivity index (χ3n) is 4.92. The molecule has 0 atom stereocenters. The summed E-state index contributed by atoms with van der Waals surface area (Å²) < 4.78 is 55.3. The van der Waals surface area contributed by atoms with Gasteiger partial charge in [0.2, 0.25) is 0 Å². The monoisotopic (exact) mass is 459 g/mol. The molecule has 0 aliphatic carbocycles. The number of sulfonamides is 1. The van der Waals surface area contributed by atoms with Crippen LogP contribution >= 0.6 is 0 Å². The topological polar surface area (TPSA) is 79.4 Å². The maximum atomic E-state index is 13.4. The van der Waals surface area contributed by atoms with Crippen LogP contribution in [-0.4, -0.2) is 31.3 Å². The van der Waals surface area contributed by atoms with Gasteiger partial charge >= 0.3 is 0 Å². The van der Waals surface area contributed by atoms with Crippen molar-refractivity contribution in [2.75, 3.05) is 11.8 Å². The lowest BCUT2D eigenvalue weighted by molar-refractivity contribution is 0.0174. The summed E-state index contributed by atoms with van der Waals surface area (Å²) in [6.07, 6.45) is 2.95. The number of nitrogens with one attached hydrogen (secondary N) is 1. The van der Waals surface area contributed by atoms with Crippen molar-refractivity contribution in [3.63, 3.8) is 0 Å². The summed E-state index contributed by atoms with van der Waals surface area (Å²) in [5.41, 5.74) is 1.52. The van der Waals surface area contributed by atoms with Crippen molar-refractivity contribution in [1.29, 1.82) is 0 Å². The summed E-state index contributed by atoms with van der Waals surface area (Å²) in [4.78, 5) is 18.2. The molecule has 2 aromatic carbocycles. The molecule has 0 bridgehead atoms. The number of hydrogen-bond donors (Lipinski definition) is 1. The van der Waals surface area contributed by atoms with E-state index in [4.69, 9.17) is 0 Å². The van der Waals surface area contributed by atoms with Crippen molar-refractivity contribution < 1.29 is 22.0 Å². The predicted molar refractivity (Wildman–Crippen MR) is 118 cm³/mol. The van der Waals surface area contributed by atoms with E-state index in [0.717, 1.165) is 6.92 Å². The molecule has 3 aromatic rings. The molecule has 3 rings (SSSR count). The average Bonchev–Trinajstić information content (AvgIpc) is 2.74. The van der Waals surface area contributed by atoms with Crippen molar-refractivity contribution in [2.24, 2.45) is 0 Å². The van der Waals surface area contributed by atoms with Crippen molar-refractivity contribution in [1.82, 2.24) is 9.88 Å². The third-order valence-corrected chi connectivity index (χ3v) is 6.34. The van der Waals surface area contributed by atoms with E-state index in [-0.39, 0.29) is 22.6 Å². The van der Waals surface area contributed by atoms with Crippen molar-refractivity contribution in [2.45, 2.75) is 31.2 Å². The van der Waals surface area contributed by atoms with E-state index >= 15 is 0 Å². The van der Waals surface area contributed by atoms with Crippen molar-refractivity contribution in [3.05, 3.63) is 89.2 Å². The fraction of sp³-hybridized carbons (Fsp3) is 0.217. The van der Waals surface area contributed by atoms with Gasteiger partial charge in [-0.15, -0.1) is 0 Å². The van der Waals surface area contributed by atoms with E-state index in [1.54, 1.807) is 25.3 Å². The summed E-state index contributed by atoms with van der Waals surface area (Å²) in [6, 6.07) is 13.2. The molecule has 0 saturated carbocycles. The zero-order valence-electron chi connectivity index (χ0n) is 17.8. The van der Waals surface area contributed by atoms with Crippen LogP contribution in [0, 0.1) is 6.92 Å². The summed E-state index contributed by atoms with van der Waals surface area (Å²) in [6.45, 7) is 2.68. The van der Waals surface area contributed by atoms with Crippen LogP contribution in [0.1, 0.15) is 34.0 Å². The zero-order chi connectivity index (χ0) is 23.5. The van der Waals surface area contributed by atoms with Crippen LogP contribution in [0.4, 0.5) is 14.5 Å². The minimum atomic E-state index is -4.06. The first-order valence-corrected chi connectivity index (χ1v) is 11.2. The van der Waals surface area contributed by atoms with E-state index in [0.29, 0.717) is 16.8 Å². The van der Waals surface area contributed by atoms with Gasteiger partial charge in [-0.2, -0.15) is 0 Å². The van der Waals surface area contributed by atoms with Gasteiger partial charge < -0.3 is 4.90 Å². The molecular formula is C23H23F2N3O3S. The highest BCUT2D eigenvalue weighted by Crippen LogP contribution is 2.27. The highest BCUT2D eigenvalue weighted by atomic mass is 32.2. The molecule has 1 heterocycles. The number of hydrogen-bond acceptors (Lipinski definition) is 4. The lowest BCUT2D eigenvalue weighted by Gasteiger charge is -2.20. The predicted octanol–water partition coefficient (Wildman–Crippen LogP) is 4.57. The molecule has 1 N–H and O–H groups in total. The van der Waals surface area contributed by atoms with Crippen LogP contribution in [0.2, 0.25) is 0 Å². The Kier molecular flexibility index (Phi) is 6.59. The SMILES string of the molecule is Cc1ccncc1NS(=O)(=O)c1ccccc1C(=O)N(C)Cc1ccc(C(C)(F)F)cc1. The molecule has 0 unspecified atom stereocenters. The Hall–Kier alpha value is -3.33. The molecule has 1 aromatic heterocycles. The number of halogens is 2. The number of nitrogens with zero attached hydrogens (tertiary/aromatic N) is 2. The van der Waals surface area contributed by atoms with Gasteiger partial charge in [0.25, 0.3) is 21.9 Å². The Labute approximate surface area is 186 Å². The van der Waals surface area contributed by atoms with Crippen molar-refractivity contribution >= 4 is 21.6 Å². The molecule has 0 aliphatic rings. The maximum absolute atomic E-state index is 13.4. The Balaban J connectivity index is 1.84. The Morgan fingerprint density at radius 1 is 1.09 bits per heavy atom.